The fourth-order valence-corrected chi connectivity index (χ4v) is 0.282. The van der Waals surface area contributed by atoms with E-state index in [-0.39, 0.29) is 64.9 Å². The average molecular weight is 165 g/mol. The van der Waals surface area contributed by atoms with Gasteiger partial charge >= 0.3 is 65.1 Å². The molecular weight excluding hydrogens is 160 g/mol. The number of hydrogen-bond donors (Lipinski definition) is 1. The maximum atomic E-state index is 9.59. The van der Waals surface area contributed by atoms with Crippen LogP contribution in [0.4, 0.5) is 0 Å². The van der Waals surface area contributed by atoms with Gasteiger partial charge in [0.15, 0.2) is 0 Å². The Morgan fingerprint density at radius 3 is 2.22 bits per heavy atom. The summed E-state index contributed by atoms with van der Waals surface area (Å²) in [6.07, 6.45) is 0. The van der Waals surface area contributed by atoms with Crippen LogP contribution in [0.15, 0.2) is 0 Å². The Morgan fingerprint density at radius 2 is 2.11 bits per heavy atom. The molecule has 0 aromatic rings. The molecule has 0 aliphatic carbocycles. The number of hydrogen-bond acceptors (Lipinski definition) is 3. The van der Waals surface area contributed by atoms with Crippen molar-refractivity contribution in [2.75, 3.05) is 5.75 Å². The maximum absolute atomic E-state index is 9.59. The predicted molar refractivity (Wildman–Crippen MR) is 40.0 cm³/mol. The van der Waals surface area contributed by atoms with Crippen LogP contribution >= 0.6 is 11.8 Å². The third-order valence-electron chi connectivity index (χ3n) is 0.260. The standard InChI is InChI=1S/C3H3NO2S.2Na.2H/c4-2-7-1-3(5)6;;;;/h1H2,(H,5,6);;;;. The van der Waals surface area contributed by atoms with Crippen molar-refractivity contribution >= 4 is 76.8 Å². The molecule has 9 heavy (non-hydrogen) atoms. The van der Waals surface area contributed by atoms with Gasteiger partial charge in [-0.2, -0.15) is 5.26 Å². The number of thioether (sulfide) groups is 1. The molecule has 0 spiro atoms. The SMILES string of the molecule is N#CSCC(=O)O.[NaH].[NaH]. The molecule has 0 aliphatic rings. The van der Waals surface area contributed by atoms with Crippen molar-refractivity contribution < 1.29 is 9.90 Å². The Labute approximate surface area is 102 Å². The first kappa shape index (κ1) is 16.7. The van der Waals surface area contributed by atoms with Crippen molar-refractivity contribution in [3.63, 3.8) is 0 Å². The van der Waals surface area contributed by atoms with Crippen molar-refractivity contribution in [3.8, 4) is 5.40 Å². The van der Waals surface area contributed by atoms with Gasteiger partial charge in [-0.25, -0.2) is 0 Å². The molecule has 0 aliphatic heterocycles. The molecular formula is C3H5NNa2O2S. The van der Waals surface area contributed by atoms with Gasteiger partial charge in [-0.1, -0.05) is 0 Å². The third kappa shape index (κ3) is 17.6. The van der Waals surface area contributed by atoms with Crippen molar-refractivity contribution in [1.82, 2.24) is 0 Å². The second-order valence-corrected chi connectivity index (χ2v) is 1.53. The first-order valence-electron chi connectivity index (χ1n) is 1.50. The zero-order valence-electron chi connectivity index (χ0n) is 3.42. The predicted octanol–water partition coefficient (Wildman–Crippen LogP) is -1.01. The second-order valence-electron chi connectivity index (χ2n) is 0.774. The molecule has 0 saturated heterocycles. The summed E-state index contributed by atoms with van der Waals surface area (Å²) >= 11 is 0.722. The Bertz CT molecular complexity index is 113. The van der Waals surface area contributed by atoms with Gasteiger partial charge in [-0.05, 0) is 11.8 Å². The monoisotopic (exact) mass is 165 g/mol. The van der Waals surface area contributed by atoms with Crippen molar-refractivity contribution in [2.45, 2.75) is 0 Å². The van der Waals surface area contributed by atoms with E-state index in [2.05, 4.69) is 0 Å². The molecule has 0 unspecified atom stereocenters. The summed E-state index contributed by atoms with van der Waals surface area (Å²) < 4.78 is 0. The minimum atomic E-state index is -0.952. The molecule has 0 heterocycles. The normalized spacial score (nSPS) is 5.67. The topological polar surface area (TPSA) is 61.1 Å². The van der Waals surface area contributed by atoms with Crippen LogP contribution in [-0.4, -0.2) is 75.9 Å². The van der Waals surface area contributed by atoms with E-state index in [9.17, 15) is 4.79 Å². The van der Waals surface area contributed by atoms with Crippen LogP contribution in [0.25, 0.3) is 0 Å². The van der Waals surface area contributed by atoms with Gasteiger partial charge in [-0.15, -0.1) is 0 Å². The molecule has 0 radical (unpaired) electrons. The van der Waals surface area contributed by atoms with Crippen LogP contribution in [-0.2, 0) is 4.79 Å². The van der Waals surface area contributed by atoms with Gasteiger partial charge < -0.3 is 5.11 Å². The summed E-state index contributed by atoms with van der Waals surface area (Å²) in [5.41, 5.74) is 0. The molecule has 0 fully saturated rings. The number of thiocyanates is 1. The molecule has 0 atom stereocenters. The molecule has 0 rings (SSSR count). The fraction of sp³-hybridized carbons (Fsp3) is 0.333. The van der Waals surface area contributed by atoms with E-state index < -0.39 is 5.97 Å². The van der Waals surface area contributed by atoms with Gasteiger partial charge in [0.2, 0.25) is 0 Å². The summed E-state index contributed by atoms with van der Waals surface area (Å²) in [6.45, 7) is 0. The van der Waals surface area contributed by atoms with Crippen molar-refractivity contribution in [3.05, 3.63) is 0 Å². The van der Waals surface area contributed by atoms with Crippen LogP contribution in [0, 0.1) is 10.7 Å². The van der Waals surface area contributed by atoms with Gasteiger partial charge in [0, 0.05) is 0 Å². The minimum absolute atomic E-state index is 0. The number of aliphatic carboxylic acids is 1. The Morgan fingerprint density at radius 1 is 1.67 bits per heavy atom. The summed E-state index contributed by atoms with van der Waals surface area (Å²) in [5.74, 6) is -1.08. The molecule has 42 valence electrons. The zero-order valence-corrected chi connectivity index (χ0v) is 4.23. The number of rotatable bonds is 2. The number of carboxylic acids is 1. The zero-order chi connectivity index (χ0) is 5.70. The van der Waals surface area contributed by atoms with Crippen LogP contribution in [0.2, 0.25) is 0 Å². The Kier molecular flexibility index (Phi) is 22.4. The summed E-state index contributed by atoms with van der Waals surface area (Å²) in [7, 11) is 0. The summed E-state index contributed by atoms with van der Waals surface area (Å²) in [5, 5.41) is 17.3. The molecule has 0 aromatic heterocycles. The van der Waals surface area contributed by atoms with Crippen LogP contribution in [0.5, 0.6) is 0 Å². The van der Waals surface area contributed by atoms with Crippen LogP contribution in [0.1, 0.15) is 0 Å². The molecule has 0 bridgehead atoms. The first-order valence-corrected chi connectivity index (χ1v) is 2.48. The molecule has 0 saturated carbocycles. The quantitative estimate of drug-likeness (QED) is 0.420. The number of carbonyl (C=O) groups is 1. The molecule has 6 heteroatoms. The molecule has 0 amide bonds. The fourth-order valence-electron chi connectivity index (χ4n) is 0.0940. The van der Waals surface area contributed by atoms with E-state index >= 15 is 0 Å². The number of nitriles is 1. The van der Waals surface area contributed by atoms with E-state index in [0.717, 1.165) is 11.8 Å². The van der Waals surface area contributed by atoms with Crippen molar-refractivity contribution in [2.24, 2.45) is 0 Å². The van der Waals surface area contributed by atoms with E-state index in [1.807, 2.05) is 0 Å². The molecule has 0 aromatic carbocycles. The average Bonchev–Trinajstić information content (AvgIpc) is 1.61. The van der Waals surface area contributed by atoms with Gasteiger partial charge in [0.05, 0.1) is 0 Å². The van der Waals surface area contributed by atoms with E-state index in [1.54, 1.807) is 5.40 Å². The number of carboxylic acid groups (broad SMARTS) is 1. The third-order valence-corrected chi connectivity index (χ3v) is 0.781. The summed E-state index contributed by atoms with van der Waals surface area (Å²) in [4.78, 5) is 9.59. The summed E-state index contributed by atoms with van der Waals surface area (Å²) in [6, 6.07) is 0. The Hall–Kier alpha value is 1.31. The van der Waals surface area contributed by atoms with E-state index in [4.69, 9.17) is 10.4 Å². The van der Waals surface area contributed by atoms with Gasteiger partial charge in [-0.3, -0.25) is 4.79 Å². The van der Waals surface area contributed by atoms with Crippen LogP contribution < -0.4 is 0 Å². The van der Waals surface area contributed by atoms with Gasteiger partial charge in [0.25, 0.3) is 0 Å². The molecule has 1 N–H and O–H groups in total. The Balaban J connectivity index is -0.000000180. The first-order chi connectivity index (χ1) is 3.27. The number of nitrogens with zero attached hydrogens (tertiary/aromatic N) is 1. The van der Waals surface area contributed by atoms with Crippen molar-refractivity contribution in [1.29, 1.82) is 5.26 Å². The van der Waals surface area contributed by atoms with E-state index in [1.165, 1.54) is 0 Å². The second kappa shape index (κ2) is 12.0. The molecule has 3 nitrogen and oxygen atoms in total. The van der Waals surface area contributed by atoms with Gasteiger partial charge in [0.1, 0.15) is 11.2 Å². The van der Waals surface area contributed by atoms with E-state index in [0.29, 0.717) is 0 Å². The van der Waals surface area contributed by atoms with Crippen LogP contribution in [0.3, 0.4) is 0 Å².